The molecular formula is C19H20N6S. The number of piperazine rings is 1. The van der Waals surface area contributed by atoms with Crippen LogP contribution < -0.4 is 9.80 Å². The molecule has 0 bridgehead atoms. The summed E-state index contributed by atoms with van der Waals surface area (Å²) in [6.45, 7) is 8.05. The fraction of sp³-hybridized carbons (Fsp3) is 0.316. The summed E-state index contributed by atoms with van der Waals surface area (Å²) in [5.74, 6) is 0.966. The Morgan fingerprint density at radius 2 is 1.65 bits per heavy atom. The third-order valence-electron chi connectivity index (χ3n) is 5.22. The summed E-state index contributed by atoms with van der Waals surface area (Å²) in [7, 11) is 0. The number of anilines is 2. The second-order valence-corrected chi connectivity index (χ2v) is 7.74. The van der Waals surface area contributed by atoms with Crippen molar-refractivity contribution < 1.29 is 0 Å². The van der Waals surface area contributed by atoms with Crippen molar-refractivity contribution in [2.45, 2.75) is 13.8 Å². The maximum Gasteiger partial charge on any atom is 0.186 e. The number of rotatable bonds is 2. The van der Waals surface area contributed by atoms with Gasteiger partial charge in [-0.2, -0.15) is 0 Å². The van der Waals surface area contributed by atoms with Crippen LogP contribution in [0.3, 0.4) is 0 Å². The summed E-state index contributed by atoms with van der Waals surface area (Å²) in [4.78, 5) is 18.7. The monoisotopic (exact) mass is 364 g/mol. The summed E-state index contributed by atoms with van der Waals surface area (Å²) in [6, 6.07) is 4.38. The molecule has 0 amide bonds. The minimum atomic E-state index is 0.923. The van der Waals surface area contributed by atoms with Gasteiger partial charge in [0.15, 0.2) is 16.6 Å². The molecule has 1 aliphatic heterocycles. The standard InChI is InChI=1S/C19H20N6S/c1-13-3-4-15-16(14(13)2)22-19(26-15)25-11-9-24(10-12-25)18-17-20-5-7-23(17)8-6-21-18/h3-8H,9-12H2,1-2H3. The van der Waals surface area contributed by atoms with Crippen molar-refractivity contribution in [3.05, 3.63) is 48.0 Å². The van der Waals surface area contributed by atoms with Crippen LogP contribution >= 0.6 is 11.3 Å². The number of imidazole rings is 1. The Bertz CT molecular complexity index is 1090. The molecule has 0 saturated carbocycles. The molecule has 0 unspecified atom stereocenters. The number of aryl methyl sites for hydroxylation is 2. The zero-order valence-electron chi connectivity index (χ0n) is 14.9. The molecule has 1 aliphatic rings. The van der Waals surface area contributed by atoms with Crippen molar-refractivity contribution in [1.82, 2.24) is 19.4 Å². The third kappa shape index (κ3) is 2.42. The van der Waals surface area contributed by atoms with Gasteiger partial charge in [0.1, 0.15) is 0 Å². The Hall–Kier alpha value is -2.67. The van der Waals surface area contributed by atoms with Crippen molar-refractivity contribution in [2.75, 3.05) is 36.0 Å². The predicted molar refractivity (Wildman–Crippen MR) is 107 cm³/mol. The molecule has 6 nitrogen and oxygen atoms in total. The molecule has 1 saturated heterocycles. The summed E-state index contributed by atoms with van der Waals surface area (Å²) in [6.07, 6.45) is 7.56. The van der Waals surface area contributed by atoms with Gasteiger partial charge in [-0.05, 0) is 31.0 Å². The molecule has 0 N–H and O–H groups in total. The quantitative estimate of drug-likeness (QED) is 0.546. The van der Waals surface area contributed by atoms with E-state index < -0.39 is 0 Å². The van der Waals surface area contributed by atoms with Crippen LogP contribution in [0.5, 0.6) is 0 Å². The number of hydrogen-bond acceptors (Lipinski definition) is 6. The lowest BCUT2D eigenvalue weighted by atomic mass is 10.1. The normalized spacial score (nSPS) is 15.3. The lowest BCUT2D eigenvalue weighted by Crippen LogP contribution is -2.47. The number of aromatic nitrogens is 4. The largest absolute Gasteiger partial charge is 0.350 e. The van der Waals surface area contributed by atoms with Gasteiger partial charge in [0.2, 0.25) is 0 Å². The highest BCUT2D eigenvalue weighted by molar-refractivity contribution is 7.22. The zero-order valence-corrected chi connectivity index (χ0v) is 15.7. The van der Waals surface area contributed by atoms with Crippen LogP contribution in [0, 0.1) is 13.8 Å². The molecule has 0 atom stereocenters. The van der Waals surface area contributed by atoms with Crippen LogP contribution in [0.1, 0.15) is 11.1 Å². The Morgan fingerprint density at radius 1 is 0.923 bits per heavy atom. The molecule has 132 valence electrons. The third-order valence-corrected chi connectivity index (χ3v) is 6.30. The van der Waals surface area contributed by atoms with Gasteiger partial charge in [0, 0.05) is 51.0 Å². The van der Waals surface area contributed by atoms with Gasteiger partial charge in [-0.15, -0.1) is 0 Å². The van der Waals surface area contributed by atoms with Gasteiger partial charge < -0.3 is 14.2 Å². The molecule has 26 heavy (non-hydrogen) atoms. The van der Waals surface area contributed by atoms with Crippen LogP contribution in [-0.4, -0.2) is 45.5 Å². The van der Waals surface area contributed by atoms with E-state index in [1.165, 1.54) is 15.8 Å². The number of benzene rings is 1. The van der Waals surface area contributed by atoms with E-state index in [4.69, 9.17) is 4.98 Å². The minimum Gasteiger partial charge on any atom is -0.350 e. The van der Waals surface area contributed by atoms with E-state index in [2.05, 4.69) is 45.7 Å². The summed E-state index contributed by atoms with van der Waals surface area (Å²) < 4.78 is 3.29. The van der Waals surface area contributed by atoms with Crippen LogP contribution in [0.4, 0.5) is 10.9 Å². The predicted octanol–water partition coefficient (Wildman–Crippen LogP) is 3.28. The number of fused-ring (bicyclic) bond motifs is 2. The van der Waals surface area contributed by atoms with Gasteiger partial charge in [-0.25, -0.2) is 15.0 Å². The molecule has 5 rings (SSSR count). The van der Waals surface area contributed by atoms with E-state index in [0.29, 0.717) is 0 Å². The fourth-order valence-corrected chi connectivity index (χ4v) is 4.60. The summed E-state index contributed by atoms with van der Waals surface area (Å²) >= 11 is 1.79. The molecule has 0 spiro atoms. The lowest BCUT2D eigenvalue weighted by Gasteiger charge is -2.35. The maximum absolute atomic E-state index is 4.93. The molecule has 1 aromatic carbocycles. The van der Waals surface area contributed by atoms with Crippen LogP contribution in [0.25, 0.3) is 15.9 Å². The lowest BCUT2D eigenvalue weighted by molar-refractivity contribution is 0.646. The van der Waals surface area contributed by atoms with Gasteiger partial charge in [0.25, 0.3) is 0 Å². The van der Waals surface area contributed by atoms with E-state index in [9.17, 15) is 0 Å². The van der Waals surface area contributed by atoms with Crippen LogP contribution in [-0.2, 0) is 0 Å². The number of nitrogens with zero attached hydrogens (tertiary/aromatic N) is 6. The van der Waals surface area contributed by atoms with Gasteiger partial charge in [-0.3, -0.25) is 0 Å². The van der Waals surface area contributed by atoms with Crippen molar-refractivity contribution in [2.24, 2.45) is 0 Å². The average molecular weight is 364 g/mol. The molecule has 1 fully saturated rings. The van der Waals surface area contributed by atoms with E-state index in [1.807, 2.05) is 29.2 Å². The first-order valence-corrected chi connectivity index (χ1v) is 9.67. The highest BCUT2D eigenvalue weighted by atomic mass is 32.1. The Kier molecular flexibility index (Phi) is 3.56. The van der Waals surface area contributed by atoms with Crippen molar-refractivity contribution in [1.29, 1.82) is 0 Å². The topological polar surface area (TPSA) is 49.6 Å². The number of hydrogen-bond donors (Lipinski definition) is 0. The molecular weight excluding hydrogens is 344 g/mol. The number of thiazole rings is 1. The molecule has 0 aliphatic carbocycles. The van der Waals surface area contributed by atoms with Gasteiger partial charge in [0.05, 0.1) is 10.2 Å². The Morgan fingerprint density at radius 3 is 2.46 bits per heavy atom. The van der Waals surface area contributed by atoms with Gasteiger partial charge >= 0.3 is 0 Å². The van der Waals surface area contributed by atoms with Crippen molar-refractivity contribution in [3.63, 3.8) is 0 Å². The Labute approximate surface area is 155 Å². The second-order valence-electron chi connectivity index (χ2n) is 6.73. The summed E-state index contributed by atoms with van der Waals surface area (Å²) in [5.41, 5.74) is 4.67. The molecule has 0 radical (unpaired) electrons. The summed E-state index contributed by atoms with van der Waals surface area (Å²) in [5, 5.41) is 1.13. The second kappa shape index (κ2) is 5.95. The first-order valence-electron chi connectivity index (χ1n) is 8.85. The van der Waals surface area contributed by atoms with E-state index in [0.717, 1.165) is 48.3 Å². The Balaban J connectivity index is 1.39. The minimum absolute atomic E-state index is 0.923. The molecule has 4 heterocycles. The van der Waals surface area contributed by atoms with Crippen molar-refractivity contribution >= 4 is 38.2 Å². The van der Waals surface area contributed by atoms with E-state index in [-0.39, 0.29) is 0 Å². The fourth-order valence-electron chi connectivity index (χ4n) is 3.52. The first-order chi connectivity index (χ1) is 12.7. The van der Waals surface area contributed by atoms with E-state index in [1.54, 1.807) is 11.3 Å². The highest BCUT2D eigenvalue weighted by Crippen LogP contribution is 2.32. The molecule has 7 heteroatoms. The molecule has 4 aromatic rings. The SMILES string of the molecule is Cc1ccc2sc(N3CCN(c4nccn5ccnc45)CC3)nc2c1C. The highest BCUT2D eigenvalue weighted by Gasteiger charge is 2.23. The van der Waals surface area contributed by atoms with E-state index >= 15 is 0 Å². The average Bonchev–Trinajstić information content (AvgIpc) is 3.32. The maximum atomic E-state index is 4.93. The zero-order chi connectivity index (χ0) is 17.7. The van der Waals surface area contributed by atoms with Crippen LogP contribution in [0.2, 0.25) is 0 Å². The first kappa shape index (κ1) is 15.6. The van der Waals surface area contributed by atoms with Crippen molar-refractivity contribution in [3.8, 4) is 0 Å². The smallest absolute Gasteiger partial charge is 0.186 e. The molecule has 3 aromatic heterocycles. The van der Waals surface area contributed by atoms with Crippen LogP contribution in [0.15, 0.2) is 36.9 Å². The van der Waals surface area contributed by atoms with Gasteiger partial charge in [-0.1, -0.05) is 17.4 Å².